The number of aromatic amines is 1. The van der Waals surface area contributed by atoms with E-state index < -0.39 is 0 Å². The first-order chi connectivity index (χ1) is 10.2. The third-order valence-electron chi connectivity index (χ3n) is 3.00. The van der Waals surface area contributed by atoms with E-state index in [1.807, 2.05) is 0 Å². The van der Waals surface area contributed by atoms with E-state index >= 15 is 0 Å². The Kier molecular flexibility index (Phi) is 5.10. The third-order valence-corrected chi connectivity index (χ3v) is 3.26. The Morgan fingerprint density at radius 3 is 3.05 bits per heavy atom. The number of nitrogens with one attached hydrogen (secondary N) is 1. The fourth-order valence-electron chi connectivity index (χ4n) is 1.84. The van der Waals surface area contributed by atoms with E-state index in [1.165, 1.54) is 7.11 Å². The number of unbranched alkanes of at least 4 members (excludes halogenated alkanes) is 1. The Morgan fingerprint density at radius 2 is 2.33 bits per heavy atom. The van der Waals surface area contributed by atoms with E-state index in [-0.39, 0.29) is 5.75 Å². The molecule has 0 unspecified atom stereocenters. The second kappa shape index (κ2) is 7.03. The van der Waals surface area contributed by atoms with E-state index in [1.54, 1.807) is 29.1 Å². The van der Waals surface area contributed by atoms with Gasteiger partial charge in [0.15, 0.2) is 17.3 Å². The number of aryl methyl sites for hydroxylation is 1. The summed E-state index contributed by atoms with van der Waals surface area (Å²) in [5.74, 6) is 1.31. The van der Waals surface area contributed by atoms with E-state index in [2.05, 4.69) is 22.2 Å². The Labute approximate surface area is 128 Å². The van der Waals surface area contributed by atoms with Gasteiger partial charge in [0, 0.05) is 6.42 Å². The van der Waals surface area contributed by atoms with E-state index in [0.717, 1.165) is 30.7 Å². The summed E-state index contributed by atoms with van der Waals surface area (Å²) >= 11 is 5.17. The molecule has 1 aromatic carbocycles. The van der Waals surface area contributed by atoms with Crippen LogP contribution in [-0.4, -0.2) is 33.3 Å². The quantitative estimate of drug-likeness (QED) is 0.635. The number of nitrogens with zero attached hydrogens (tertiary/aromatic N) is 3. The van der Waals surface area contributed by atoms with Crippen LogP contribution in [0.1, 0.15) is 31.2 Å². The summed E-state index contributed by atoms with van der Waals surface area (Å²) in [6.07, 6.45) is 4.59. The van der Waals surface area contributed by atoms with Crippen molar-refractivity contribution >= 4 is 18.4 Å². The van der Waals surface area contributed by atoms with Gasteiger partial charge in [-0.2, -0.15) is 14.9 Å². The van der Waals surface area contributed by atoms with Crippen LogP contribution in [-0.2, 0) is 6.42 Å². The summed E-state index contributed by atoms with van der Waals surface area (Å²) in [5.41, 5.74) is 0.800. The molecular formula is C14H18N4O2S. The Hall–Kier alpha value is -2.15. The van der Waals surface area contributed by atoms with Crippen molar-refractivity contribution < 1.29 is 9.84 Å². The second-order valence-corrected chi connectivity index (χ2v) is 4.92. The minimum Gasteiger partial charge on any atom is -0.504 e. The predicted octanol–water partition coefficient (Wildman–Crippen LogP) is 2.88. The normalized spacial score (nSPS) is 11.1. The molecule has 0 aliphatic rings. The molecule has 0 aliphatic carbocycles. The van der Waals surface area contributed by atoms with Crippen molar-refractivity contribution in [2.45, 2.75) is 26.2 Å². The zero-order valence-electron chi connectivity index (χ0n) is 12.0. The molecule has 112 valence electrons. The maximum Gasteiger partial charge on any atom is 0.216 e. The average molecular weight is 306 g/mol. The van der Waals surface area contributed by atoms with Crippen LogP contribution in [0.25, 0.3) is 0 Å². The number of methoxy groups -OCH3 is 1. The molecule has 0 aliphatic heterocycles. The van der Waals surface area contributed by atoms with Crippen LogP contribution in [0.2, 0.25) is 0 Å². The Bertz CT molecular complexity index is 691. The molecule has 0 fully saturated rings. The molecule has 0 spiro atoms. The lowest BCUT2D eigenvalue weighted by Gasteiger charge is -2.03. The molecule has 2 rings (SSSR count). The lowest BCUT2D eigenvalue weighted by atomic mass is 10.2. The van der Waals surface area contributed by atoms with E-state index in [0.29, 0.717) is 10.5 Å². The highest BCUT2D eigenvalue weighted by Gasteiger charge is 2.05. The second-order valence-electron chi connectivity index (χ2n) is 4.54. The highest BCUT2D eigenvalue weighted by atomic mass is 32.1. The molecule has 0 amide bonds. The van der Waals surface area contributed by atoms with Gasteiger partial charge < -0.3 is 9.84 Å². The van der Waals surface area contributed by atoms with Crippen LogP contribution in [0.5, 0.6) is 11.5 Å². The number of aromatic nitrogens is 3. The summed E-state index contributed by atoms with van der Waals surface area (Å²) in [6.45, 7) is 2.12. The SMILES string of the molecule is CCCCc1n[nH]c(=S)n1/N=C/c1ccc(O)c(OC)c1. The Morgan fingerprint density at radius 1 is 1.52 bits per heavy atom. The van der Waals surface area contributed by atoms with E-state index in [4.69, 9.17) is 17.0 Å². The molecule has 1 heterocycles. The van der Waals surface area contributed by atoms with Crippen LogP contribution < -0.4 is 4.74 Å². The van der Waals surface area contributed by atoms with Crippen LogP contribution in [0.3, 0.4) is 0 Å². The first-order valence-corrected chi connectivity index (χ1v) is 7.14. The summed E-state index contributed by atoms with van der Waals surface area (Å²) < 4.78 is 7.14. The molecular weight excluding hydrogens is 288 g/mol. The van der Waals surface area contributed by atoms with Crippen molar-refractivity contribution in [2.24, 2.45) is 5.10 Å². The minimum absolute atomic E-state index is 0.0956. The van der Waals surface area contributed by atoms with Crippen molar-refractivity contribution in [1.29, 1.82) is 0 Å². The van der Waals surface area contributed by atoms with E-state index in [9.17, 15) is 5.11 Å². The number of phenolic OH excluding ortho intramolecular Hbond substituents is 1. The van der Waals surface area contributed by atoms with Gasteiger partial charge in [-0.15, -0.1) is 0 Å². The van der Waals surface area contributed by atoms with Gasteiger partial charge in [-0.05, 0) is 42.4 Å². The summed E-state index contributed by atoms with van der Waals surface area (Å²) in [7, 11) is 1.50. The molecule has 21 heavy (non-hydrogen) atoms. The third kappa shape index (κ3) is 3.69. The number of hydrogen-bond donors (Lipinski definition) is 2. The van der Waals surface area contributed by atoms with Crippen molar-refractivity contribution in [3.63, 3.8) is 0 Å². The van der Waals surface area contributed by atoms with Gasteiger partial charge in [0.05, 0.1) is 13.3 Å². The summed E-state index contributed by atoms with van der Waals surface area (Å²) in [5, 5.41) is 20.8. The first kappa shape index (κ1) is 15.2. The van der Waals surface area contributed by atoms with Crippen molar-refractivity contribution in [3.8, 4) is 11.5 Å². The standard InChI is InChI=1S/C14H18N4O2S/c1-3-4-5-13-16-17-14(21)18(13)15-9-10-6-7-11(19)12(8-10)20-2/h6-9,19H,3-5H2,1-2H3,(H,17,21)/b15-9+. The summed E-state index contributed by atoms with van der Waals surface area (Å²) in [6, 6.07) is 5.01. The molecule has 0 saturated heterocycles. The number of rotatable bonds is 6. The number of benzene rings is 1. The number of phenols is 1. The summed E-state index contributed by atoms with van der Waals surface area (Å²) in [4.78, 5) is 0. The average Bonchev–Trinajstić information content (AvgIpc) is 2.84. The smallest absolute Gasteiger partial charge is 0.216 e. The number of aromatic hydroxyl groups is 1. The van der Waals surface area contributed by atoms with Crippen molar-refractivity contribution in [1.82, 2.24) is 14.9 Å². The van der Waals surface area contributed by atoms with Crippen molar-refractivity contribution in [2.75, 3.05) is 7.11 Å². The minimum atomic E-state index is 0.0956. The van der Waals surface area contributed by atoms with Gasteiger partial charge in [0.2, 0.25) is 4.77 Å². The van der Waals surface area contributed by atoms with Crippen LogP contribution in [0.15, 0.2) is 23.3 Å². The largest absolute Gasteiger partial charge is 0.504 e. The zero-order valence-corrected chi connectivity index (χ0v) is 12.9. The number of ether oxygens (including phenoxy) is 1. The van der Waals surface area contributed by atoms with Gasteiger partial charge in [-0.3, -0.25) is 5.10 Å². The fraction of sp³-hybridized carbons (Fsp3) is 0.357. The topological polar surface area (TPSA) is 75.4 Å². The molecule has 1 aromatic heterocycles. The van der Waals surface area contributed by atoms with Gasteiger partial charge >= 0.3 is 0 Å². The maximum absolute atomic E-state index is 9.57. The lowest BCUT2D eigenvalue weighted by Crippen LogP contribution is -1.99. The maximum atomic E-state index is 9.57. The first-order valence-electron chi connectivity index (χ1n) is 6.73. The molecule has 0 radical (unpaired) electrons. The molecule has 2 N–H and O–H groups in total. The fourth-order valence-corrected chi connectivity index (χ4v) is 2.04. The van der Waals surface area contributed by atoms with Gasteiger partial charge in [-0.25, -0.2) is 0 Å². The highest BCUT2D eigenvalue weighted by Crippen LogP contribution is 2.25. The van der Waals surface area contributed by atoms with Gasteiger partial charge in [0.25, 0.3) is 0 Å². The molecule has 2 aromatic rings. The van der Waals surface area contributed by atoms with Crippen LogP contribution in [0.4, 0.5) is 0 Å². The monoisotopic (exact) mass is 306 g/mol. The van der Waals surface area contributed by atoms with Crippen LogP contribution in [0, 0.1) is 4.77 Å². The van der Waals surface area contributed by atoms with Gasteiger partial charge in [0.1, 0.15) is 0 Å². The van der Waals surface area contributed by atoms with Gasteiger partial charge in [-0.1, -0.05) is 13.3 Å². The predicted molar refractivity (Wildman–Crippen MR) is 83.7 cm³/mol. The molecule has 6 nitrogen and oxygen atoms in total. The molecule has 0 bridgehead atoms. The number of hydrogen-bond acceptors (Lipinski definition) is 5. The number of H-pyrrole nitrogens is 1. The molecule has 0 atom stereocenters. The molecule has 7 heteroatoms. The molecule has 0 saturated carbocycles. The van der Waals surface area contributed by atoms with Crippen molar-refractivity contribution in [3.05, 3.63) is 34.4 Å². The zero-order chi connectivity index (χ0) is 15.2. The Balaban J connectivity index is 2.25. The highest BCUT2D eigenvalue weighted by molar-refractivity contribution is 7.71. The lowest BCUT2D eigenvalue weighted by molar-refractivity contribution is 0.373. The van der Waals surface area contributed by atoms with Crippen LogP contribution >= 0.6 is 12.2 Å².